The molecule has 2 atom stereocenters. The minimum atomic E-state index is -0.171. The molecule has 2 aliphatic heterocycles. The Morgan fingerprint density at radius 3 is 3.00 bits per heavy atom. The Morgan fingerprint density at radius 2 is 2.17 bits per heavy atom. The van der Waals surface area contributed by atoms with Crippen molar-refractivity contribution in [1.82, 2.24) is 10.2 Å². The van der Waals surface area contributed by atoms with Crippen LogP contribution in [0, 0.1) is 0 Å². The van der Waals surface area contributed by atoms with Crippen LogP contribution < -0.4 is 5.32 Å². The Labute approximate surface area is 107 Å². The van der Waals surface area contributed by atoms with Gasteiger partial charge in [0, 0.05) is 12.6 Å². The van der Waals surface area contributed by atoms with Gasteiger partial charge in [-0.15, -0.1) is 0 Å². The van der Waals surface area contributed by atoms with Crippen LogP contribution in [0.3, 0.4) is 0 Å². The van der Waals surface area contributed by atoms with Crippen LogP contribution in [-0.2, 0) is 11.3 Å². The fourth-order valence-electron chi connectivity index (χ4n) is 2.89. The van der Waals surface area contributed by atoms with Gasteiger partial charge in [-0.25, -0.2) is 4.79 Å². The third-order valence-corrected chi connectivity index (χ3v) is 3.83. The predicted octanol–water partition coefficient (Wildman–Crippen LogP) is 1.76. The summed E-state index contributed by atoms with van der Waals surface area (Å²) >= 11 is 0. The first kappa shape index (κ1) is 11.5. The van der Waals surface area contributed by atoms with E-state index in [0.29, 0.717) is 18.7 Å². The molecule has 2 heterocycles. The van der Waals surface area contributed by atoms with Crippen molar-refractivity contribution in [2.75, 3.05) is 13.1 Å². The third kappa shape index (κ3) is 2.20. The van der Waals surface area contributed by atoms with Gasteiger partial charge in [0.25, 0.3) is 0 Å². The largest absolute Gasteiger partial charge is 0.445 e. The summed E-state index contributed by atoms with van der Waals surface area (Å²) in [5.74, 6) is 0. The van der Waals surface area contributed by atoms with Gasteiger partial charge in [-0.3, -0.25) is 0 Å². The Morgan fingerprint density at radius 1 is 1.33 bits per heavy atom. The minimum absolute atomic E-state index is 0.171. The van der Waals surface area contributed by atoms with Gasteiger partial charge in [-0.2, -0.15) is 0 Å². The average Bonchev–Trinajstić information content (AvgIpc) is 2.99. The van der Waals surface area contributed by atoms with Crippen LogP contribution in [0.1, 0.15) is 18.4 Å². The van der Waals surface area contributed by atoms with E-state index in [9.17, 15) is 4.79 Å². The summed E-state index contributed by atoms with van der Waals surface area (Å²) < 4.78 is 5.38. The summed E-state index contributed by atoms with van der Waals surface area (Å²) in [6, 6.07) is 10.6. The molecule has 1 amide bonds. The first-order valence-electron chi connectivity index (χ1n) is 6.55. The van der Waals surface area contributed by atoms with E-state index in [4.69, 9.17) is 4.74 Å². The van der Waals surface area contributed by atoms with E-state index in [-0.39, 0.29) is 6.09 Å². The first-order chi connectivity index (χ1) is 8.84. The maximum absolute atomic E-state index is 12.0. The molecule has 2 aliphatic rings. The molecule has 3 rings (SSSR count). The fourth-order valence-corrected chi connectivity index (χ4v) is 2.89. The molecule has 1 aromatic carbocycles. The van der Waals surface area contributed by atoms with Crippen molar-refractivity contribution in [2.45, 2.75) is 31.5 Å². The lowest BCUT2D eigenvalue weighted by molar-refractivity contribution is 0.0922. The number of carbonyl (C=O) groups is 1. The summed E-state index contributed by atoms with van der Waals surface area (Å²) in [5.41, 5.74) is 1.03. The number of hydrogen-bond acceptors (Lipinski definition) is 3. The van der Waals surface area contributed by atoms with Gasteiger partial charge in [-0.05, 0) is 24.9 Å². The van der Waals surface area contributed by atoms with Crippen LogP contribution in [0.4, 0.5) is 4.79 Å². The highest BCUT2D eigenvalue weighted by atomic mass is 16.6. The Balaban J connectivity index is 1.56. The van der Waals surface area contributed by atoms with Crippen molar-refractivity contribution in [1.29, 1.82) is 0 Å². The summed E-state index contributed by atoms with van der Waals surface area (Å²) in [7, 11) is 0. The van der Waals surface area contributed by atoms with E-state index in [1.54, 1.807) is 0 Å². The molecule has 18 heavy (non-hydrogen) atoms. The molecule has 4 heteroatoms. The lowest BCUT2D eigenvalue weighted by Gasteiger charge is -2.22. The quantitative estimate of drug-likeness (QED) is 0.864. The van der Waals surface area contributed by atoms with Crippen LogP contribution >= 0.6 is 0 Å². The van der Waals surface area contributed by atoms with E-state index >= 15 is 0 Å². The summed E-state index contributed by atoms with van der Waals surface area (Å²) in [4.78, 5) is 13.9. The van der Waals surface area contributed by atoms with E-state index in [1.165, 1.54) is 0 Å². The van der Waals surface area contributed by atoms with Crippen LogP contribution in [0.15, 0.2) is 30.3 Å². The Bertz CT molecular complexity index is 421. The maximum Gasteiger partial charge on any atom is 0.410 e. The molecule has 0 unspecified atom stereocenters. The number of rotatable bonds is 2. The van der Waals surface area contributed by atoms with Crippen LogP contribution in [0.25, 0.3) is 0 Å². The molecule has 0 aliphatic carbocycles. The summed E-state index contributed by atoms with van der Waals surface area (Å²) in [5, 5.41) is 3.43. The van der Waals surface area contributed by atoms with E-state index < -0.39 is 0 Å². The zero-order chi connectivity index (χ0) is 12.4. The molecule has 1 N–H and O–H groups in total. The lowest BCUT2D eigenvalue weighted by atomic mass is 10.1. The van der Waals surface area contributed by atoms with Gasteiger partial charge >= 0.3 is 6.09 Å². The Hall–Kier alpha value is -1.55. The van der Waals surface area contributed by atoms with Gasteiger partial charge in [0.1, 0.15) is 6.61 Å². The number of nitrogens with zero attached hydrogens (tertiary/aromatic N) is 1. The van der Waals surface area contributed by atoms with Crippen molar-refractivity contribution in [3.8, 4) is 0 Å². The molecular formula is C14H18N2O2. The molecule has 0 aromatic heterocycles. The van der Waals surface area contributed by atoms with Gasteiger partial charge < -0.3 is 15.0 Å². The van der Waals surface area contributed by atoms with Gasteiger partial charge in [0.15, 0.2) is 0 Å². The summed E-state index contributed by atoms with van der Waals surface area (Å²) in [6.45, 7) is 2.19. The number of likely N-dealkylation sites (tertiary alicyclic amines) is 1. The number of amides is 1. The third-order valence-electron chi connectivity index (χ3n) is 3.83. The maximum atomic E-state index is 12.0. The second kappa shape index (κ2) is 4.98. The Kier molecular flexibility index (Phi) is 3.19. The van der Waals surface area contributed by atoms with Gasteiger partial charge in [0.2, 0.25) is 0 Å². The van der Waals surface area contributed by atoms with Crippen LogP contribution in [0.5, 0.6) is 0 Å². The number of hydrogen-bond donors (Lipinski definition) is 1. The SMILES string of the molecule is O=C(OCc1ccccc1)N1CC[C@@H]2NCC[C@@H]21. The zero-order valence-corrected chi connectivity index (χ0v) is 10.3. The molecule has 0 spiro atoms. The average molecular weight is 246 g/mol. The molecule has 1 aromatic rings. The van der Waals surface area contributed by atoms with E-state index in [1.807, 2.05) is 35.2 Å². The van der Waals surface area contributed by atoms with Crippen LogP contribution in [0.2, 0.25) is 0 Å². The van der Waals surface area contributed by atoms with Crippen molar-refractivity contribution < 1.29 is 9.53 Å². The van der Waals surface area contributed by atoms with E-state index in [2.05, 4.69) is 5.32 Å². The molecule has 2 saturated heterocycles. The van der Waals surface area contributed by atoms with Gasteiger partial charge in [-0.1, -0.05) is 30.3 Å². The second-order valence-corrected chi connectivity index (χ2v) is 4.94. The highest BCUT2D eigenvalue weighted by Crippen LogP contribution is 2.25. The molecule has 0 radical (unpaired) electrons. The normalized spacial score (nSPS) is 26.1. The van der Waals surface area contributed by atoms with Crippen LogP contribution in [-0.4, -0.2) is 36.2 Å². The molecule has 4 nitrogen and oxygen atoms in total. The van der Waals surface area contributed by atoms with Gasteiger partial charge in [0.05, 0.1) is 6.04 Å². The monoisotopic (exact) mass is 246 g/mol. The second-order valence-electron chi connectivity index (χ2n) is 4.94. The molecular weight excluding hydrogens is 228 g/mol. The topological polar surface area (TPSA) is 41.6 Å². The molecule has 0 bridgehead atoms. The van der Waals surface area contributed by atoms with Crippen molar-refractivity contribution >= 4 is 6.09 Å². The highest BCUT2D eigenvalue weighted by Gasteiger charge is 2.40. The smallest absolute Gasteiger partial charge is 0.410 e. The standard InChI is InChI=1S/C14H18N2O2/c17-14(18-10-11-4-2-1-3-5-11)16-9-7-12-13(16)6-8-15-12/h1-5,12-13,15H,6-10H2/t12-,13-/m0/s1. The predicted molar refractivity (Wildman–Crippen MR) is 68.1 cm³/mol. The summed E-state index contributed by atoms with van der Waals surface area (Å²) in [6.07, 6.45) is 1.92. The highest BCUT2D eigenvalue weighted by molar-refractivity contribution is 5.68. The van der Waals surface area contributed by atoms with Crippen molar-refractivity contribution in [3.05, 3.63) is 35.9 Å². The molecule has 2 fully saturated rings. The van der Waals surface area contributed by atoms with Crippen molar-refractivity contribution in [2.24, 2.45) is 0 Å². The number of fused-ring (bicyclic) bond motifs is 1. The number of benzene rings is 1. The molecule has 96 valence electrons. The van der Waals surface area contributed by atoms with E-state index in [0.717, 1.165) is 31.5 Å². The van der Waals surface area contributed by atoms with Crippen molar-refractivity contribution in [3.63, 3.8) is 0 Å². The first-order valence-corrected chi connectivity index (χ1v) is 6.55. The zero-order valence-electron chi connectivity index (χ0n) is 10.3. The number of ether oxygens (including phenoxy) is 1. The number of nitrogens with one attached hydrogen (secondary N) is 1. The fraction of sp³-hybridized carbons (Fsp3) is 0.500. The minimum Gasteiger partial charge on any atom is -0.445 e. The molecule has 0 saturated carbocycles. The lowest BCUT2D eigenvalue weighted by Crippen LogP contribution is -2.38. The number of carbonyl (C=O) groups excluding carboxylic acids is 1.